The maximum atomic E-state index is 13.4. The van der Waals surface area contributed by atoms with Gasteiger partial charge < -0.3 is 19.4 Å². The highest BCUT2D eigenvalue weighted by Gasteiger charge is 2.54. The smallest absolute Gasteiger partial charge is 0.338 e. The van der Waals surface area contributed by atoms with Crippen molar-refractivity contribution in [3.8, 4) is 0 Å². The predicted molar refractivity (Wildman–Crippen MR) is 122 cm³/mol. The van der Waals surface area contributed by atoms with Gasteiger partial charge in [0.25, 0.3) is 5.91 Å². The molecule has 2 saturated heterocycles. The van der Waals surface area contributed by atoms with Crippen LogP contribution in [-0.2, 0) is 16.1 Å². The Balaban J connectivity index is 1.37. The number of halogens is 1. The molecule has 2 aromatic rings. The largest absolute Gasteiger partial charge is 0.462 e. The van der Waals surface area contributed by atoms with Crippen LogP contribution in [-0.4, -0.2) is 77.5 Å². The lowest BCUT2D eigenvalue weighted by atomic mass is 10.1. The third-order valence-corrected chi connectivity index (χ3v) is 6.32. The van der Waals surface area contributed by atoms with Crippen molar-refractivity contribution >= 4 is 29.6 Å². The summed E-state index contributed by atoms with van der Waals surface area (Å²) in [7, 11) is 1.63. The molecule has 9 nitrogen and oxygen atoms in total. The van der Waals surface area contributed by atoms with Gasteiger partial charge in [-0.1, -0.05) is 12.1 Å². The molecule has 0 N–H and O–H groups in total. The molecule has 0 bridgehead atoms. The first-order valence-corrected chi connectivity index (χ1v) is 11.1. The summed E-state index contributed by atoms with van der Waals surface area (Å²) in [5.41, 5.74) is 1.96. The van der Waals surface area contributed by atoms with Crippen LogP contribution < -0.4 is 4.90 Å². The molecule has 176 valence electrons. The van der Waals surface area contributed by atoms with Gasteiger partial charge in [-0.25, -0.2) is 19.0 Å². The third kappa shape index (κ3) is 3.55. The number of nitrogens with zero attached hydrogens (tertiary/aromatic N) is 5. The number of amides is 3. The van der Waals surface area contributed by atoms with Gasteiger partial charge in [-0.2, -0.15) is 0 Å². The van der Waals surface area contributed by atoms with E-state index in [2.05, 4.69) is 0 Å². The van der Waals surface area contributed by atoms with Crippen LogP contribution in [0.2, 0.25) is 0 Å². The van der Waals surface area contributed by atoms with Crippen molar-refractivity contribution < 1.29 is 23.5 Å². The second-order valence-electron chi connectivity index (χ2n) is 8.34. The Hall–Kier alpha value is -3.95. The van der Waals surface area contributed by atoms with Crippen LogP contribution in [0, 0.1) is 5.82 Å². The highest BCUT2D eigenvalue weighted by atomic mass is 19.1. The normalized spacial score (nSPS) is 21.6. The summed E-state index contributed by atoms with van der Waals surface area (Å²) in [6, 6.07) is 11.7. The van der Waals surface area contributed by atoms with E-state index in [0.29, 0.717) is 36.8 Å². The first-order valence-electron chi connectivity index (χ1n) is 11.1. The maximum absolute atomic E-state index is 13.4. The van der Waals surface area contributed by atoms with Gasteiger partial charge in [-0.3, -0.25) is 9.69 Å². The zero-order chi connectivity index (χ0) is 24.0. The Morgan fingerprint density at radius 1 is 1.09 bits per heavy atom. The van der Waals surface area contributed by atoms with Crippen molar-refractivity contribution in [2.24, 2.45) is 4.99 Å². The summed E-state index contributed by atoms with van der Waals surface area (Å²) >= 11 is 0. The highest BCUT2D eigenvalue weighted by Crippen LogP contribution is 2.34. The predicted octanol–water partition coefficient (Wildman–Crippen LogP) is 2.28. The fourth-order valence-corrected chi connectivity index (χ4v) is 4.59. The van der Waals surface area contributed by atoms with Gasteiger partial charge in [-0.15, -0.1) is 0 Å². The summed E-state index contributed by atoms with van der Waals surface area (Å²) in [6.45, 7) is 3.31. The number of rotatable bonds is 5. The summed E-state index contributed by atoms with van der Waals surface area (Å²) in [5, 5.41) is 0. The second kappa shape index (κ2) is 8.44. The van der Waals surface area contributed by atoms with E-state index in [-0.39, 0.29) is 24.2 Å². The van der Waals surface area contributed by atoms with E-state index in [9.17, 15) is 18.8 Å². The monoisotopic (exact) mass is 465 g/mol. The summed E-state index contributed by atoms with van der Waals surface area (Å²) in [5.74, 6) is -0.460. The number of guanidine groups is 1. The van der Waals surface area contributed by atoms with E-state index in [1.165, 1.54) is 21.9 Å². The lowest BCUT2D eigenvalue weighted by Gasteiger charge is -2.40. The molecule has 0 saturated carbocycles. The van der Waals surface area contributed by atoms with Crippen LogP contribution in [0.3, 0.4) is 0 Å². The van der Waals surface area contributed by atoms with E-state index in [4.69, 9.17) is 9.73 Å². The van der Waals surface area contributed by atoms with Crippen LogP contribution in [0.15, 0.2) is 53.5 Å². The van der Waals surface area contributed by atoms with E-state index < -0.39 is 18.2 Å². The van der Waals surface area contributed by atoms with Crippen molar-refractivity contribution in [2.75, 3.05) is 31.6 Å². The number of carbonyl (C=O) groups excluding carboxylic acids is 3. The Morgan fingerprint density at radius 2 is 1.79 bits per heavy atom. The van der Waals surface area contributed by atoms with Crippen molar-refractivity contribution in [3.05, 3.63) is 65.5 Å². The fourth-order valence-electron chi connectivity index (χ4n) is 4.59. The number of imide groups is 1. The first kappa shape index (κ1) is 21.9. The van der Waals surface area contributed by atoms with Crippen LogP contribution in [0.5, 0.6) is 0 Å². The number of urea groups is 1. The Kier molecular flexibility index (Phi) is 5.43. The minimum Gasteiger partial charge on any atom is -0.462 e. The molecule has 2 atom stereocenters. The molecule has 0 aromatic heterocycles. The molecule has 2 fully saturated rings. The molecule has 3 aliphatic rings. The molecule has 3 heterocycles. The molecule has 3 aliphatic heterocycles. The number of aliphatic imine (C=N–C) groups is 1. The molecule has 2 aromatic carbocycles. The number of anilines is 1. The van der Waals surface area contributed by atoms with Crippen molar-refractivity contribution in [1.29, 1.82) is 0 Å². The topological polar surface area (TPSA) is 85.8 Å². The molecule has 2 unspecified atom stereocenters. The van der Waals surface area contributed by atoms with Gasteiger partial charge in [0.2, 0.25) is 5.96 Å². The van der Waals surface area contributed by atoms with Gasteiger partial charge in [0, 0.05) is 25.8 Å². The number of hydrogen-bond donors (Lipinski definition) is 0. The van der Waals surface area contributed by atoms with Gasteiger partial charge in [0.1, 0.15) is 5.82 Å². The zero-order valence-corrected chi connectivity index (χ0v) is 18.8. The number of ether oxygens (including phenoxy) is 1. The quantitative estimate of drug-likeness (QED) is 0.630. The van der Waals surface area contributed by atoms with Gasteiger partial charge in [-0.05, 0) is 48.9 Å². The molecule has 10 heteroatoms. The lowest BCUT2D eigenvalue weighted by molar-refractivity contribution is -0.137. The lowest BCUT2D eigenvalue weighted by Crippen LogP contribution is -2.64. The Bertz CT molecular complexity index is 1170. The van der Waals surface area contributed by atoms with E-state index >= 15 is 0 Å². The van der Waals surface area contributed by atoms with E-state index in [1.807, 2.05) is 21.9 Å². The number of likely N-dealkylation sites (N-methyl/N-ethyl adjacent to an activating group) is 1. The minimum atomic E-state index is -0.624. The number of esters is 1. The third-order valence-electron chi connectivity index (χ3n) is 6.32. The van der Waals surface area contributed by atoms with Gasteiger partial charge in [0.15, 0.2) is 12.2 Å². The molecule has 5 rings (SSSR count). The Morgan fingerprint density at radius 3 is 2.47 bits per heavy atom. The molecule has 34 heavy (non-hydrogen) atoms. The average molecular weight is 465 g/mol. The second-order valence-corrected chi connectivity index (χ2v) is 8.34. The SMILES string of the molecule is CCOC(=O)c1ccc(N2CCN3C2=NC2C3C(=O)N(Cc3ccc(F)cc3)C(=O)N2C)cc1. The summed E-state index contributed by atoms with van der Waals surface area (Å²) < 4.78 is 18.3. The standard InChI is InChI=1S/C24H24FN5O4/c1-3-34-22(32)16-6-10-18(11-7-16)28-12-13-29-19-20(26-23(28)29)27(2)24(33)30(21(19)31)14-15-4-8-17(25)9-5-15/h4-11,19-20H,3,12-14H2,1-2H3. The molecule has 0 aliphatic carbocycles. The van der Waals surface area contributed by atoms with E-state index in [1.54, 1.807) is 38.2 Å². The van der Waals surface area contributed by atoms with Crippen LogP contribution in [0.25, 0.3) is 0 Å². The van der Waals surface area contributed by atoms with Gasteiger partial charge in [0.05, 0.1) is 18.7 Å². The molecular weight excluding hydrogens is 441 g/mol. The van der Waals surface area contributed by atoms with Crippen molar-refractivity contribution in [1.82, 2.24) is 14.7 Å². The highest BCUT2D eigenvalue weighted by molar-refractivity contribution is 6.08. The van der Waals surface area contributed by atoms with Crippen LogP contribution in [0.4, 0.5) is 14.9 Å². The first-order chi connectivity index (χ1) is 16.4. The van der Waals surface area contributed by atoms with Gasteiger partial charge >= 0.3 is 12.0 Å². The number of carbonyl (C=O) groups is 3. The number of hydrogen-bond acceptors (Lipinski definition) is 7. The van der Waals surface area contributed by atoms with Crippen molar-refractivity contribution in [2.45, 2.75) is 25.7 Å². The fraction of sp³-hybridized carbons (Fsp3) is 0.333. The Labute approximate surface area is 196 Å². The average Bonchev–Trinajstić information content (AvgIpc) is 3.41. The summed E-state index contributed by atoms with van der Waals surface area (Å²) in [4.78, 5) is 49.7. The van der Waals surface area contributed by atoms with E-state index in [0.717, 1.165) is 5.69 Å². The summed E-state index contributed by atoms with van der Waals surface area (Å²) in [6.07, 6.45) is -0.624. The number of benzene rings is 2. The molecule has 3 amide bonds. The van der Waals surface area contributed by atoms with Crippen LogP contribution >= 0.6 is 0 Å². The minimum absolute atomic E-state index is 0.0632. The van der Waals surface area contributed by atoms with Crippen molar-refractivity contribution in [3.63, 3.8) is 0 Å². The maximum Gasteiger partial charge on any atom is 0.338 e. The zero-order valence-electron chi connectivity index (χ0n) is 18.8. The number of fused-ring (bicyclic) bond motifs is 3. The molecule has 0 radical (unpaired) electrons. The van der Waals surface area contributed by atoms with Crippen LogP contribution in [0.1, 0.15) is 22.8 Å². The molecular formula is C24H24FN5O4. The molecule has 0 spiro atoms.